The second-order valence-electron chi connectivity index (χ2n) is 4.96. The molecule has 1 aliphatic carbocycles. The van der Waals surface area contributed by atoms with Crippen molar-refractivity contribution in [2.24, 2.45) is 5.92 Å². The van der Waals surface area contributed by atoms with Crippen molar-refractivity contribution in [2.45, 2.75) is 50.1 Å². The van der Waals surface area contributed by atoms with Gasteiger partial charge in [0.1, 0.15) is 15.9 Å². The molecule has 18 heavy (non-hydrogen) atoms. The molecule has 0 spiro atoms. The van der Waals surface area contributed by atoms with Crippen LogP contribution in [0.3, 0.4) is 0 Å². The van der Waals surface area contributed by atoms with Crippen molar-refractivity contribution in [3.63, 3.8) is 0 Å². The Labute approximate surface area is 106 Å². The normalized spacial score (nSPS) is 28.1. The van der Waals surface area contributed by atoms with Crippen LogP contribution in [0, 0.1) is 5.92 Å². The van der Waals surface area contributed by atoms with E-state index in [1.54, 1.807) is 6.92 Å². The summed E-state index contributed by atoms with van der Waals surface area (Å²) < 4.78 is 61.6. The summed E-state index contributed by atoms with van der Waals surface area (Å²) in [5.74, 6) is -0.640. The number of alkyl halides is 3. The summed E-state index contributed by atoms with van der Waals surface area (Å²) in [5.41, 5.74) is 0. The van der Waals surface area contributed by atoms with E-state index in [-0.39, 0.29) is 13.0 Å². The van der Waals surface area contributed by atoms with Crippen LogP contribution < -0.4 is 5.32 Å². The first-order chi connectivity index (χ1) is 8.16. The summed E-state index contributed by atoms with van der Waals surface area (Å²) in [6.07, 6.45) is -1.65. The molecule has 0 radical (unpaired) electrons. The van der Waals surface area contributed by atoms with Gasteiger partial charge in [0.05, 0.1) is 5.25 Å². The third-order valence-corrected chi connectivity index (χ3v) is 5.16. The molecule has 1 N–H and O–H groups in total. The maximum atomic E-state index is 12.9. The molecule has 1 fully saturated rings. The zero-order valence-electron chi connectivity index (χ0n) is 10.6. The number of hydrogen-bond acceptors (Lipinski definition) is 3. The molecule has 1 saturated carbocycles. The minimum atomic E-state index is -4.32. The molecular weight excluding hydrogens is 267 g/mol. The van der Waals surface area contributed by atoms with Gasteiger partial charge in [0.2, 0.25) is 0 Å². The van der Waals surface area contributed by atoms with Gasteiger partial charge in [-0.15, -0.1) is 0 Å². The summed E-state index contributed by atoms with van der Waals surface area (Å²) in [4.78, 5) is 0. The van der Waals surface area contributed by atoms with Gasteiger partial charge in [-0.05, 0) is 31.7 Å². The van der Waals surface area contributed by atoms with Gasteiger partial charge in [0, 0.05) is 6.26 Å². The number of nitrogens with one attached hydrogen (secondary N) is 1. The molecule has 1 rings (SSSR count). The van der Waals surface area contributed by atoms with E-state index in [1.807, 2.05) is 0 Å². The Morgan fingerprint density at radius 2 is 1.94 bits per heavy atom. The van der Waals surface area contributed by atoms with Crippen LogP contribution in [0.4, 0.5) is 13.2 Å². The molecule has 108 valence electrons. The van der Waals surface area contributed by atoms with Crippen LogP contribution in [0.2, 0.25) is 0 Å². The van der Waals surface area contributed by atoms with E-state index in [2.05, 4.69) is 5.32 Å². The van der Waals surface area contributed by atoms with Gasteiger partial charge in [-0.1, -0.05) is 13.3 Å². The largest absolute Gasteiger partial charge is 0.404 e. The van der Waals surface area contributed by atoms with Crippen LogP contribution in [-0.2, 0) is 9.84 Å². The molecule has 3 unspecified atom stereocenters. The van der Waals surface area contributed by atoms with E-state index < -0.39 is 33.2 Å². The molecule has 0 amide bonds. The van der Waals surface area contributed by atoms with Crippen LogP contribution >= 0.6 is 0 Å². The lowest BCUT2D eigenvalue weighted by molar-refractivity contribution is -0.170. The number of halogens is 3. The van der Waals surface area contributed by atoms with Crippen LogP contribution in [0.1, 0.15) is 32.6 Å². The number of sulfone groups is 1. The predicted octanol–water partition coefficient (Wildman–Crippen LogP) is 2.13. The molecule has 0 aliphatic heterocycles. The van der Waals surface area contributed by atoms with Gasteiger partial charge >= 0.3 is 6.18 Å². The predicted molar refractivity (Wildman–Crippen MR) is 64.1 cm³/mol. The quantitative estimate of drug-likeness (QED) is 0.861. The summed E-state index contributed by atoms with van der Waals surface area (Å²) >= 11 is 0. The Kier molecular flexibility index (Phi) is 5.05. The van der Waals surface area contributed by atoms with E-state index in [0.29, 0.717) is 19.3 Å². The number of hydrogen-bond donors (Lipinski definition) is 1. The lowest BCUT2D eigenvalue weighted by Crippen LogP contribution is -2.49. The molecule has 7 heteroatoms. The molecule has 0 aromatic rings. The van der Waals surface area contributed by atoms with Gasteiger partial charge < -0.3 is 5.32 Å². The van der Waals surface area contributed by atoms with Crippen molar-refractivity contribution >= 4 is 9.84 Å². The topological polar surface area (TPSA) is 46.2 Å². The van der Waals surface area contributed by atoms with Crippen molar-refractivity contribution in [3.05, 3.63) is 0 Å². The van der Waals surface area contributed by atoms with Crippen LogP contribution in [0.15, 0.2) is 0 Å². The highest BCUT2D eigenvalue weighted by Gasteiger charge is 2.46. The van der Waals surface area contributed by atoms with Gasteiger partial charge in [-0.2, -0.15) is 13.2 Å². The summed E-state index contributed by atoms with van der Waals surface area (Å²) in [7, 11) is -3.25. The maximum Gasteiger partial charge on any atom is 0.404 e. The third-order valence-electron chi connectivity index (χ3n) is 3.52. The Morgan fingerprint density at radius 1 is 1.33 bits per heavy atom. The monoisotopic (exact) mass is 287 g/mol. The summed E-state index contributed by atoms with van der Waals surface area (Å²) in [6.45, 7) is 1.85. The van der Waals surface area contributed by atoms with Crippen molar-refractivity contribution in [1.29, 1.82) is 0 Å². The van der Waals surface area contributed by atoms with Gasteiger partial charge in [-0.3, -0.25) is 0 Å². The summed E-state index contributed by atoms with van der Waals surface area (Å²) in [5, 5.41) is 1.82. The van der Waals surface area contributed by atoms with E-state index >= 15 is 0 Å². The van der Waals surface area contributed by atoms with Crippen LogP contribution in [0.25, 0.3) is 0 Å². The second-order valence-corrected chi connectivity index (χ2v) is 7.28. The van der Waals surface area contributed by atoms with Crippen LogP contribution in [-0.4, -0.2) is 38.7 Å². The lowest BCUT2D eigenvalue weighted by Gasteiger charge is -2.35. The third kappa shape index (κ3) is 4.12. The Bertz CT molecular complexity index is 367. The van der Waals surface area contributed by atoms with Gasteiger partial charge in [0.25, 0.3) is 0 Å². The van der Waals surface area contributed by atoms with Crippen molar-refractivity contribution in [2.75, 3.05) is 12.8 Å². The molecule has 3 atom stereocenters. The second kappa shape index (κ2) is 5.77. The average molecular weight is 287 g/mol. The highest BCUT2D eigenvalue weighted by atomic mass is 32.2. The smallest absolute Gasteiger partial charge is 0.306 e. The van der Waals surface area contributed by atoms with E-state index in [1.165, 1.54) is 0 Å². The molecule has 0 aromatic heterocycles. The fraction of sp³-hybridized carbons (Fsp3) is 1.00. The standard InChI is InChI=1S/C11H20F3NO2S/c1-3-15-10(11(12,13)14)8-5-4-6-9(7-8)18(2,16)17/h8-10,15H,3-7H2,1-2H3. The molecule has 0 bridgehead atoms. The maximum absolute atomic E-state index is 12.9. The Balaban J connectivity index is 2.80. The number of rotatable bonds is 4. The first-order valence-electron chi connectivity index (χ1n) is 6.15. The van der Waals surface area contributed by atoms with E-state index in [0.717, 1.165) is 6.26 Å². The van der Waals surface area contributed by atoms with E-state index in [9.17, 15) is 21.6 Å². The zero-order chi connectivity index (χ0) is 14.0. The first kappa shape index (κ1) is 15.8. The fourth-order valence-corrected chi connectivity index (χ4v) is 3.83. The lowest BCUT2D eigenvalue weighted by atomic mass is 9.83. The highest BCUT2D eigenvalue weighted by Crippen LogP contribution is 2.36. The van der Waals surface area contributed by atoms with Gasteiger partial charge in [-0.25, -0.2) is 8.42 Å². The van der Waals surface area contributed by atoms with E-state index in [4.69, 9.17) is 0 Å². The molecule has 3 nitrogen and oxygen atoms in total. The van der Waals surface area contributed by atoms with Crippen LogP contribution in [0.5, 0.6) is 0 Å². The minimum absolute atomic E-state index is 0.107. The molecule has 0 aromatic carbocycles. The SMILES string of the molecule is CCNC(C1CCCC(S(C)(=O)=O)C1)C(F)(F)F. The van der Waals surface area contributed by atoms with Crippen molar-refractivity contribution in [3.8, 4) is 0 Å². The molecule has 1 aliphatic rings. The van der Waals surface area contributed by atoms with Crippen molar-refractivity contribution < 1.29 is 21.6 Å². The Morgan fingerprint density at radius 3 is 2.39 bits per heavy atom. The first-order valence-corrected chi connectivity index (χ1v) is 8.10. The highest BCUT2D eigenvalue weighted by molar-refractivity contribution is 7.91. The van der Waals surface area contributed by atoms with Gasteiger partial charge in [0.15, 0.2) is 0 Å². The molecule has 0 saturated heterocycles. The average Bonchev–Trinajstić information content (AvgIpc) is 2.23. The Hall–Kier alpha value is -0.300. The zero-order valence-corrected chi connectivity index (χ0v) is 11.4. The fourth-order valence-electron chi connectivity index (χ4n) is 2.64. The molecular formula is C11H20F3NO2S. The summed E-state index contributed by atoms with van der Waals surface area (Å²) in [6, 6.07) is -1.59. The minimum Gasteiger partial charge on any atom is -0.306 e. The van der Waals surface area contributed by atoms with Crippen molar-refractivity contribution in [1.82, 2.24) is 5.32 Å². The molecule has 0 heterocycles.